The average molecular weight is 332 g/mol. The first kappa shape index (κ1) is 16.8. The molecule has 0 unspecified atom stereocenters. The third-order valence-electron chi connectivity index (χ3n) is 4.54. The molecule has 0 saturated carbocycles. The number of morpholine rings is 1. The predicted octanol–water partition coefficient (Wildman–Crippen LogP) is 1.30. The molecule has 2 atom stereocenters. The van der Waals surface area contributed by atoms with E-state index in [1.807, 2.05) is 37.3 Å². The molecule has 0 N–H and O–H groups in total. The van der Waals surface area contributed by atoms with E-state index in [9.17, 15) is 9.59 Å². The summed E-state index contributed by atoms with van der Waals surface area (Å²) in [7, 11) is 0. The molecule has 0 aromatic heterocycles. The second-order valence-electron chi connectivity index (χ2n) is 6.14. The van der Waals surface area contributed by atoms with E-state index in [0.29, 0.717) is 45.7 Å². The third kappa shape index (κ3) is 3.70. The fraction of sp³-hybridized carbons (Fsp3) is 0.556. The molecule has 1 aromatic carbocycles. The van der Waals surface area contributed by atoms with E-state index >= 15 is 0 Å². The number of nitrogens with zero attached hydrogens (tertiary/aromatic N) is 2. The van der Waals surface area contributed by atoms with Crippen LogP contribution in [0.3, 0.4) is 0 Å². The van der Waals surface area contributed by atoms with Crippen molar-refractivity contribution in [1.29, 1.82) is 0 Å². The van der Waals surface area contributed by atoms with Gasteiger partial charge in [0.05, 0.1) is 19.8 Å². The molecule has 2 saturated heterocycles. The second kappa shape index (κ2) is 7.66. The van der Waals surface area contributed by atoms with Crippen LogP contribution in [0.1, 0.15) is 19.8 Å². The lowest BCUT2D eigenvalue weighted by molar-refractivity contribution is -0.146. The van der Waals surface area contributed by atoms with E-state index in [4.69, 9.17) is 9.47 Å². The van der Waals surface area contributed by atoms with Crippen molar-refractivity contribution in [3.8, 4) is 5.75 Å². The van der Waals surface area contributed by atoms with Crippen molar-refractivity contribution in [2.45, 2.75) is 31.9 Å². The molecular weight excluding hydrogens is 308 g/mol. The first-order valence-corrected chi connectivity index (χ1v) is 8.56. The van der Waals surface area contributed by atoms with E-state index < -0.39 is 6.04 Å². The average Bonchev–Trinajstić information content (AvgIpc) is 3.05. The van der Waals surface area contributed by atoms with Gasteiger partial charge in [-0.1, -0.05) is 25.1 Å². The number of hydrogen-bond acceptors (Lipinski definition) is 4. The van der Waals surface area contributed by atoms with E-state index in [-0.39, 0.29) is 17.9 Å². The Morgan fingerprint density at radius 3 is 2.58 bits per heavy atom. The minimum Gasteiger partial charge on any atom is -0.488 e. The van der Waals surface area contributed by atoms with Crippen LogP contribution < -0.4 is 4.74 Å². The van der Waals surface area contributed by atoms with Crippen LogP contribution in [0.5, 0.6) is 5.75 Å². The van der Waals surface area contributed by atoms with Gasteiger partial charge in [-0.2, -0.15) is 0 Å². The Morgan fingerprint density at radius 1 is 1.21 bits per heavy atom. The molecule has 0 radical (unpaired) electrons. The summed E-state index contributed by atoms with van der Waals surface area (Å²) in [4.78, 5) is 28.6. The number of carbonyl (C=O) groups excluding carboxylic acids is 2. The highest BCUT2D eigenvalue weighted by Crippen LogP contribution is 2.25. The van der Waals surface area contributed by atoms with E-state index in [2.05, 4.69) is 0 Å². The van der Waals surface area contributed by atoms with Crippen molar-refractivity contribution in [1.82, 2.24) is 9.80 Å². The van der Waals surface area contributed by atoms with Crippen molar-refractivity contribution in [2.75, 3.05) is 32.8 Å². The van der Waals surface area contributed by atoms with Crippen LogP contribution in [0.25, 0.3) is 0 Å². The number of amides is 2. The molecule has 3 rings (SSSR count). The second-order valence-corrected chi connectivity index (χ2v) is 6.14. The minimum atomic E-state index is -0.427. The van der Waals surface area contributed by atoms with E-state index in [1.165, 1.54) is 0 Å². The number of ether oxygens (including phenoxy) is 2. The van der Waals surface area contributed by atoms with Gasteiger partial charge in [0.25, 0.3) is 0 Å². The normalized spacial score (nSPS) is 24.0. The van der Waals surface area contributed by atoms with Crippen LogP contribution in [0.2, 0.25) is 0 Å². The molecule has 130 valence electrons. The Bertz CT molecular complexity index is 572. The zero-order valence-corrected chi connectivity index (χ0v) is 14.0. The summed E-state index contributed by atoms with van der Waals surface area (Å²) < 4.78 is 11.3. The van der Waals surface area contributed by atoms with Gasteiger partial charge in [0.15, 0.2) is 0 Å². The molecule has 2 aliphatic heterocycles. The monoisotopic (exact) mass is 332 g/mol. The maximum Gasteiger partial charge on any atom is 0.245 e. The zero-order valence-electron chi connectivity index (χ0n) is 14.0. The predicted molar refractivity (Wildman–Crippen MR) is 88.7 cm³/mol. The summed E-state index contributed by atoms with van der Waals surface area (Å²) >= 11 is 0. The van der Waals surface area contributed by atoms with Gasteiger partial charge in [-0.3, -0.25) is 9.59 Å². The number of rotatable bonds is 4. The number of benzene rings is 1. The lowest BCUT2D eigenvalue weighted by Crippen LogP contribution is -2.50. The standard InChI is InChI=1S/C18H24N2O4/c1-2-17(21)20-13-15(24-14-6-4-3-5-7-14)12-16(20)18(22)19-8-10-23-11-9-19/h3-7,15-16H,2,8-13H2,1H3/t15-,16+/m0/s1. The number of carbonyl (C=O) groups is 2. The number of likely N-dealkylation sites (tertiary alicyclic amines) is 1. The van der Waals surface area contributed by atoms with Crippen LogP contribution in [0.4, 0.5) is 0 Å². The van der Waals surface area contributed by atoms with Gasteiger partial charge in [0, 0.05) is 25.9 Å². The Balaban J connectivity index is 1.70. The van der Waals surface area contributed by atoms with Crippen molar-refractivity contribution < 1.29 is 19.1 Å². The molecule has 6 nitrogen and oxygen atoms in total. The summed E-state index contributed by atoms with van der Waals surface area (Å²) in [6.45, 7) is 4.59. The minimum absolute atomic E-state index is 0.000714. The third-order valence-corrected chi connectivity index (χ3v) is 4.54. The van der Waals surface area contributed by atoms with Crippen molar-refractivity contribution in [3.05, 3.63) is 30.3 Å². The van der Waals surface area contributed by atoms with E-state index in [0.717, 1.165) is 5.75 Å². The Morgan fingerprint density at radius 2 is 1.92 bits per heavy atom. The lowest BCUT2D eigenvalue weighted by atomic mass is 10.1. The smallest absolute Gasteiger partial charge is 0.245 e. The largest absolute Gasteiger partial charge is 0.488 e. The number of hydrogen-bond donors (Lipinski definition) is 0. The Hall–Kier alpha value is -2.08. The highest BCUT2D eigenvalue weighted by molar-refractivity contribution is 5.88. The quantitative estimate of drug-likeness (QED) is 0.834. The maximum atomic E-state index is 12.9. The van der Waals surface area contributed by atoms with Crippen molar-refractivity contribution >= 4 is 11.8 Å². The van der Waals surface area contributed by atoms with Crippen molar-refractivity contribution in [2.24, 2.45) is 0 Å². The molecule has 0 spiro atoms. The summed E-state index contributed by atoms with van der Waals surface area (Å²) in [5, 5.41) is 0. The van der Waals surface area contributed by atoms with Crippen molar-refractivity contribution in [3.63, 3.8) is 0 Å². The molecule has 2 amide bonds. The van der Waals surface area contributed by atoms with Gasteiger partial charge >= 0.3 is 0 Å². The lowest BCUT2D eigenvalue weighted by Gasteiger charge is -2.32. The van der Waals surface area contributed by atoms with Gasteiger partial charge in [-0.05, 0) is 12.1 Å². The molecular formula is C18H24N2O4. The summed E-state index contributed by atoms with van der Waals surface area (Å²) in [6.07, 6.45) is 0.778. The van der Waals surface area contributed by atoms with Crippen LogP contribution >= 0.6 is 0 Å². The molecule has 2 aliphatic rings. The molecule has 24 heavy (non-hydrogen) atoms. The van der Waals surface area contributed by atoms with E-state index in [1.54, 1.807) is 9.80 Å². The van der Waals surface area contributed by atoms with Gasteiger partial charge in [0.1, 0.15) is 17.9 Å². The van der Waals surface area contributed by atoms with Crippen LogP contribution in [-0.4, -0.2) is 66.6 Å². The molecule has 2 heterocycles. The van der Waals surface area contributed by atoms with Gasteiger partial charge in [-0.15, -0.1) is 0 Å². The Labute approximate surface area is 142 Å². The number of para-hydroxylation sites is 1. The highest BCUT2D eigenvalue weighted by Gasteiger charge is 2.42. The van der Waals surface area contributed by atoms with Gasteiger partial charge < -0.3 is 19.3 Å². The van der Waals surface area contributed by atoms with Crippen LogP contribution in [0, 0.1) is 0 Å². The topological polar surface area (TPSA) is 59.1 Å². The SMILES string of the molecule is CCC(=O)N1C[C@@H](Oc2ccccc2)C[C@@H]1C(=O)N1CCOCC1. The fourth-order valence-corrected chi connectivity index (χ4v) is 3.28. The molecule has 6 heteroatoms. The fourth-order valence-electron chi connectivity index (χ4n) is 3.28. The Kier molecular flexibility index (Phi) is 5.35. The zero-order chi connectivity index (χ0) is 16.9. The summed E-state index contributed by atoms with van der Waals surface area (Å²) in [5.41, 5.74) is 0. The van der Waals surface area contributed by atoms with Crippen LogP contribution in [0.15, 0.2) is 30.3 Å². The summed E-state index contributed by atoms with van der Waals surface area (Å²) in [5.74, 6) is 0.783. The summed E-state index contributed by atoms with van der Waals surface area (Å²) in [6, 6.07) is 9.11. The van der Waals surface area contributed by atoms with Gasteiger partial charge in [0.2, 0.25) is 11.8 Å². The molecule has 0 bridgehead atoms. The first-order chi connectivity index (χ1) is 11.7. The molecule has 0 aliphatic carbocycles. The molecule has 1 aromatic rings. The highest BCUT2D eigenvalue weighted by atomic mass is 16.5. The molecule has 2 fully saturated rings. The first-order valence-electron chi connectivity index (χ1n) is 8.56. The van der Waals surface area contributed by atoms with Gasteiger partial charge in [-0.25, -0.2) is 0 Å². The van der Waals surface area contributed by atoms with Crippen LogP contribution in [-0.2, 0) is 14.3 Å². The maximum absolute atomic E-state index is 12.9.